The number of hydrogen-bond donors (Lipinski definition) is 2. The van der Waals surface area contributed by atoms with Crippen molar-refractivity contribution in [2.24, 2.45) is 0 Å². The highest BCUT2D eigenvalue weighted by Crippen LogP contribution is 2.07. The molecule has 0 bridgehead atoms. The second kappa shape index (κ2) is 4.02. The zero-order valence-corrected chi connectivity index (χ0v) is 9.40. The zero-order valence-electron chi connectivity index (χ0n) is 8.59. The monoisotopic (exact) mass is 224 g/mol. The van der Waals surface area contributed by atoms with E-state index in [1.165, 1.54) is 7.11 Å². The molecule has 0 amide bonds. The lowest BCUT2D eigenvalue weighted by Crippen LogP contribution is -2.34. The summed E-state index contributed by atoms with van der Waals surface area (Å²) >= 11 is 1.63. The number of fused-ring (bicyclic) bond motifs is 1. The van der Waals surface area contributed by atoms with E-state index in [0.717, 1.165) is 22.1 Å². The topological polar surface area (TPSA) is 54.1 Å². The molecule has 0 spiro atoms. The molecule has 0 saturated carbocycles. The fraction of sp³-hybridized carbons (Fsp3) is 0.300. The maximum Gasteiger partial charge on any atom is 0.354 e. The Morgan fingerprint density at radius 3 is 3.07 bits per heavy atom. The van der Waals surface area contributed by atoms with Crippen LogP contribution in [0.25, 0.3) is 11.1 Å². The van der Waals surface area contributed by atoms with E-state index in [1.54, 1.807) is 11.8 Å². The summed E-state index contributed by atoms with van der Waals surface area (Å²) in [6.45, 7) is 0.782. The molecule has 5 heteroatoms. The molecule has 0 aromatic carbocycles. The highest BCUT2D eigenvalue weighted by Gasteiger charge is 2.11. The van der Waals surface area contributed by atoms with Crippen LogP contribution in [0.5, 0.6) is 0 Å². The van der Waals surface area contributed by atoms with Crippen molar-refractivity contribution in [1.29, 1.82) is 0 Å². The molecule has 0 radical (unpaired) electrons. The quantitative estimate of drug-likeness (QED) is 0.672. The van der Waals surface area contributed by atoms with Crippen molar-refractivity contribution in [3.8, 4) is 0 Å². The molecule has 2 N–H and O–H groups in total. The van der Waals surface area contributed by atoms with Gasteiger partial charge in [-0.05, 0) is 18.4 Å². The van der Waals surface area contributed by atoms with Gasteiger partial charge in [0.25, 0.3) is 0 Å². The summed E-state index contributed by atoms with van der Waals surface area (Å²) in [4.78, 5) is 14.4. The normalized spacial score (nSPS) is 13.9. The minimum absolute atomic E-state index is 0.335. The minimum Gasteiger partial charge on any atom is -0.464 e. The van der Waals surface area contributed by atoms with Gasteiger partial charge in [0.1, 0.15) is 5.69 Å². The molecule has 2 heterocycles. The molecule has 0 saturated heterocycles. The molecular weight excluding hydrogens is 212 g/mol. The fourth-order valence-electron chi connectivity index (χ4n) is 1.56. The van der Waals surface area contributed by atoms with Crippen LogP contribution in [-0.2, 0) is 4.74 Å². The van der Waals surface area contributed by atoms with Gasteiger partial charge >= 0.3 is 5.97 Å². The van der Waals surface area contributed by atoms with Gasteiger partial charge in [-0.15, -0.1) is 11.8 Å². The first kappa shape index (κ1) is 10.2. The fourth-order valence-corrected chi connectivity index (χ4v) is 2.18. The van der Waals surface area contributed by atoms with E-state index in [9.17, 15) is 4.79 Å². The number of methoxy groups -OCH3 is 1. The Hall–Kier alpha value is -1.36. The third-order valence-electron chi connectivity index (χ3n) is 2.27. The molecule has 15 heavy (non-hydrogen) atoms. The van der Waals surface area contributed by atoms with Gasteiger partial charge in [-0.3, -0.25) is 0 Å². The number of carbonyl (C=O) groups excluding carboxylic acids is 1. The number of H-pyrrole nitrogens is 1. The van der Waals surface area contributed by atoms with Gasteiger partial charge in [0.2, 0.25) is 0 Å². The molecule has 2 rings (SSSR count). The van der Waals surface area contributed by atoms with Crippen LogP contribution in [0.15, 0.2) is 6.07 Å². The summed E-state index contributed by atoms with van der Waals surface area (Å²) in [5.41, 5.74) is 0.494. The van der Waals surface area contributed by atoms with Crippen molar-refractivity contribution in [1.82, 2.24) is 10.3 Å². The molecule has 0 aliphatic carbocycles. The molecule has 1 aromatic heterocycles. The summed E-state index contributed by atoms with van der Waals surface area (Å²) in [7, 11) is 1.38. The summed E-state index contributed by atoms with van der Waals surface area (Å²) in [6, 6.07) is 1.82. The average Bonchev–Trinajstić information content (AvgIpc) is 2.71. The number of aromatic amines is 1. The van der Waals surface area contributed by atoms with Gasteiger partial charge < -0.3 is 15.0 Å². The number of thioether (sulfide) groups is 1. The average molecular weight is 224 g/mol. The van der Waals surface area contributed by atoms with Gasteiger partial charge in [-0.25, -0.2) is 4.79 Å². The van der Waals surface area contributed by atoms with E-state index >= 15 is 0 Å². The maximum absolute atomic E-state index is 11.3. The smallest absolute Gasteiger partial charge is 0.354 e. The highest BCUT2D eigenvalue weighted by atomic mass is 32.2. The minimum atomic E-state index is -0.335. The lowest BCUT2D eigenvalue weighted by molar-refractivity contribution is 0.0594. The second-order valence-corrected chi connectivity index (χ2v) is 3.94. The third kappa shape index (κ3) is 1.74. The predicted octanol–water partition coefficient (Wildman–Crippen LogP) is -0.386. The summed E-state index contributed by atoms with van der Waals surface area (Å²) < 4.78 is 4.66. The molecular formula is C10H12N2O2S. The van der Waals surface area contributed by atoms with Gasteiger partial charge in [-0.2, -0.15) is 0 Å². The summed E-state index contributed by atoms with van der Waals surface area (Å²) in [6.07, 6.45) is 4.02. The largest absolute Gasteiger partial charge is 0.464 e. The van der Waals surface area contributed by atoms with Crippen molar-refractivity contribution in [3.63, 3.8) is 0 Å². The number of rotatable bonds is 2. The van der Waals surface area contributed by atoms with E-state index in [-0.39, 0.29) is 5.97 Å². The van der Waals surface area contributed by atoms with E-state index in [0.29, 0.717) is 5.69 Å². The number of esters is 1. The first-order chi connectivity index (χ1) is 7.26. The second-order valence-electron chi connectivity index (χ2n) is 3.12. The molecule has 1 aliphatic heterocycles. The van der Waals surface area contributed by atoms with Gasteiger partial charge in [0, 0.05) is 17.1 Å². The van der Waals surface area contributed by atoms with Crippen molar-refractivity contribution < 1.29 is 9.53 Å². The summed E-state index contributed by atoms with van der Waals surface area (Å²) in [5, 5.41) is 6.35. The maximum atomic E-state index is 11.3. The summed E-state index contributed by atoms with van der Waals surface area (Å²) in [5.74, 6) is -0.335. The predicted molar refractivity (Wildman–Crippen MR) is 60.8 cm³/mol. The van der Waals surface area contributed by atoms with Gasteiger partial charge in [0.15, 0.2) is 0 Å². The van der Waals surface area contributed by atoms with Crippen LogP contribution in [0.2, 0.25) is 0 Å². The van der Waals surface area contributed by atoms with E-state index in [4.69, 9.17) is 0 Å². The van der Waals surface area contributed by atoms with E-state index in [1.807, 2.05) is 18.4 Å². The molecule has 4 nitrogen and oxygen atoms in total. The van der Waals surface area contributed by atoms with Crippen LogP contribution in [0, 0.1) is 0 Å². The molecule has 0 fully saturated rings. The Bertz CT molecular complexity index is 504. The lowest BCUT2D eigenvalue weighted by Gasteiger charge is -2.07. The van der Waals surface area contributed by atoms with Gasteiger partial charge in [0.05, 0.1) is 12.1 Å². The first-order valence-electron chi connectivity index (χ1n) is 4.56. The number of hydrogen-bond acceptors (Lipinski definition) is 4. The molecule has 1 aliphatic rings. The number of aromatic nitrogens is 1. The highest BCUT2D eigenvalue weighted by molar-refractivity contribution is 8.07. The van der Waals surface area contributed by atoms with Crippen LogP contribution < -0.4 is 15.9 Å². The van der Waals surface area contributed by atoms with Crippen LogP contribution in [0.3, 0.4) is 0 Å². The number of ether oxygens (including phenoxy) is 1. The van der Waals surface area contributed by atoms with Crippen LogP contribution in [0.1, 0.15) is 10.5 Å². The molecule has 0 atom stereocenters. The first-order valence-corrected chi connectivity index (χ1v) is 5.78. The van der Waals surface area contributed by atoms with Gasteiger partial charge in [-0.1, -0.05) is 0 Å². The standard InChI is InChI=1S/C10H12N2O2S/c1-14-10(13)8-5-6-7(12-8)3-4-11-9(6)15-2/h3,5,11-12H,4H2,1-2H3. The van der Waals surface area contributed by atoms with Crippen molar-refractivity contribution in [2.75, 3.05) is 19.9 Å². The zero-order chi connectivity index (χ0) is 10.8. The van der Waals surface area contributed by atoms with E-state index < -0.39 is 0 Å². The Morgan fingerprint density at radius 2 is 2.40 bits per heavy atom. The van der Waals surface area contributed by atoms with Crippen LogP contribution in [-0.4, -0.2) is 30.9 Å². The van der Waals surface area contributed by atoms with Crippen molar-refractivity contribution in [2.45, 2.75) is 0 Å². The van der Waals surface area contributed by atoms with Crippen LogP contribution in [0.4, 0.5) is 0 Å². The third-order valence-corrected chi connectivity index (χ3v) is 3.04. The number of carbonyl (C=O) groups is 1. The molecule has 0 unspecified atom stereocenters. The van der Waals surface area contributed by atoms with E-state index in [2.05, 4.69) is 15.0 Å². The molecule has 80 valence electrons. The number of nitrogens with one attached hydrogen (secondary N) is 2. The van der Waals surface area contributed by atoms with Crippen LogP contribution >= 0.6 is 11.8 Å². The Morgan fingerprint density at radius 1 is 1.60 bits per heavy atom. The Labute approximate surface area is 91.4 Å². The Kier molecular flexibility index (Phi) is 2.73. The Balaban J connectivity index is 2.60. The SMILES string of the molecule is COC(=O)c1cc2c([nH]1)=CCNC=2SC. The lowest BCUT2D eigenvalue weighted by atomic mass is 10.3. The molecule has 1 aromatic rings. The van der Waals surface area contributed by atoms with Crippen molar-refractivity contribution >= 4 is 28.8 Å². The van der Waals surface area contributed by atoms with Crippen molar-refractivity contribution in [3.05, 3.63) is 22.3 Å².